The molecule has 1 unspecified atom stereocenters. The standard InChI is InChI=1S/C14H28N2/c1-12(2)8-10-16(14-6-7-14)11-13-5-3-4-9-15-13/h12-15H,3-11H2,1-2H3. The number of rotatable bonds is 6. The van der Waals surface area contributed by atoms with Gasteiger partial charge in [-0.2, -0.15) is 0 Å². The van der Waals surface area contributed by atoms with Gasteiger partial charge in [-0.3, -0.25) is 4.90 Å². The molecule has 1 aliphatic carbocycles. The normalized spacial score (nSPS) is 26.6. The number of hydrogen-bond acceptors (Lipinski definition) is 2. The van der Waals surface area contributed by atoms with Crippen LogP contribution < -0.4 is 5.32 Å². The van der Waals surface area contributed by atoms with Crippen LogP contribution in [-0.4, -0.2) is 36.6 Å². The van der Waals surface area contributed by atoms with Crippen molar-refractivity contribution in [3.63, 3.8) is 0 Å². The summed E-state index contributed by atoms with van der Waals surface area (Å²) in [7, 11) is 0. The molecule has 0 amide bonds. The summed E-state index contributed by atoms with van der Waals surface area (Å²) in [6.45, 7) is 8.54. The van der Waals surface area contributed by atoms with E-state index in [1.165, 1.54) is 58.2 Å². The van der Waals surface area contributed by atoms with Gasteiger partial charge in [0.05, 0.1) is 0 Å². The predicted octanol–water partition coefficient (Wildman–Crippen LogP) is 2.64. The van der Waals surface area contributed by atoms with E-state index < -0.39 is 0 Å². The molecule has 1 atom stereocenters. The lowest BCUT2D eigenvalue weighted by Crippen LogP contribution is -2.44. The van der Waals surface area contributed by atoms with Crippen molar-refractivity contribution in [1.82, 2.24) is 10.2 Å². The third kappa shape index (κ3) is 4.06. The molecular weight excluding hydrogens is 196 g/mol. The van der Waals surface area contributed by atoms with E-state index in [2.05, 4.69) is 24.1 Å². The number of hydrogen-bond donors (Lipinski definition) is 1. The molecule has 94 valence electrons. The predicted molar refractivity (Wildman–Crippen MR) is 69.7 cm³/mol. The van der Waals surface area contributed by atoms with E-state index >= 15 is 0 Å². The molecule has 1 saturated carbocycles. The third-order valence-corrected chi connectivity index (χ3v) is 3.92. The first kappa shape index (κ1) is 12.4. The number of piperidine rings is 1. The summed E-state index contributed by atoms with van der Waals surface area (Å²) < 4.78 is 0. The molecule has 16 heavy (non-hydrogen) atoms. The average Bonchev–Trinajstić information content (AvgIpc) is 3.09. The Balaban J connectivity index is 1.73. The molecule has 1 saturated heterocycles. The molecule has 2 nitrogen and oxygen atoms in total. The van der Waals surface area contributed by atoms with Gasteiger partial charge in [0, 0.05) is 18.6 Å². The van der Waals surface area contributed by atoms with Gasteiger partial charge in [-0.1, -0.05) is 20.3 Å². The molecule has 0 bridgehead atoms. The van der Waals surface area contributed by atoms with E-state index in [1.54, 1.807) is 0 Å². The Morgan fingerprint density at radius 1 is 1.19 bits per heavy atom. The van der Waals surface area contributed by atoms with E-state index in [-0.39, 0.29) is 0 Å². The maximum absolute atomic E-state index is 3.68. The van der Waals surface area contributed by atoms with Crippen LogP contribution in [0, 0.1) is 5.92 Å². The minimum atomic E-state index is 0.779. The van der Waals surface area contributed by atoms with Crippen molar-refractivity contribution in [2.75, 3.05) is 19.6 Å². The summed E-state index contributed by atoms with van der Waals surface area (Å²) in [4.78, 5) is 2.75. The Hall–Kier alpha value is -0.0800. The van der Waals surface area contributed by atoms with E-state index in [4.69, 9.17) is 0 Å². The second-order valence-corrected chi connectivity index (χ2v) is 6.06. The van der Waals surface area contributed by atoms with Gasteiger partial charge < -0.3 is 5.32 Å². The number of nitrogens with one attached hydrogen (secondary N) is 1. The lowest BCUT2D eigenvalue weighted by atomic mass is 10.0. The van der Waals surface area contributed by atoms with E-state index in [0.717, 1.165) is 18.0 Å². The van der Waals surface area contributed by atoms with Gasteiger partial charge in [0.25, 0.3) is 0 Å². The Morgan fingerprint density at radius 3 is 2.56 bits per heavy atom. The molecule has 0 radical (unpaired) electrons. The summed E-state index contributed by atoms with van der Waals surface area (Å²) in [5.41, 5.74) is 0. The van der Waals surface area contributed by atoms with E-state index in [9.17, 15) is 0 Å². The Morgan fingerprint density at radius 2 is 2.00 bits per heavy atom. The van der Waals surface area contributed by atoms with Gasteiger partial charge >= 0.3 is 0 Å². The summed E-state index contributed by atoms with van der Waals surface area (Å²) in [5, 5.41) is 3.68. The highest BCUT2D eigenvalue weighted by atomic mass is 15.2. The molecule has 2 heteroatoms. The Labute approximate surface area is 101 Å². The lowest BCUT2D eigenvalue weighted by molar-refractivity contribution is 0.206. The highest BCUT2D eigenvalue weighted by Crippen LogP contribution is 2.28. The van der Waals surface area contributed by atoms with Crippen LogP contribution in [0.4, 0.5) is 0 Å². The van der Waals surface area contributed by atoms with Crippen LogP contribution in [-0.2, 0) is 0 Å². The molecule has 0 aromatic rings. The summed E-state index contributed by atoms with van der Waals surface area (Å²) in [6.07, 6.45) is 8.47. The topological polar surface area (TPSA) is 15.3 Å². The summed E-state index contributed by atoms with van der Waals surface area (Å²) in [5.74, 6) is 0.848. The fraction of sp³-hybridized carbons (Fsp3) is 1.00. The van der Waals surface area contributed by atoms with Crippen LogP contribution in [0.15, 0.2) is 0 Å². The molecule has 1 N–H and O–H groups in total. The van der Waals surface area contributed by atoms with Gasteiger partial charge in [0.15, 0.2) is 0 Å². The highest BCUT2D eigenvalue weighted by molar-refractivity contribution is 4.87. The van der Waals surface area contributed by atoms with Crippen LogP contribution >= 0.6 is 0 Å². The zero-order valence-electron chi connectivity index (χ0n) is 11.0. The second kappa shape index (κ2) is 6.02. The molecule has 0 aromatic heterocycles. The van der Waals surface area contributed by atoms with Crippen LogP contribution in [0.25, 0.3) is 0 Å². The van der Waals surface area contributed by atoms with Gasteiger partial charge in [-0.15, -0.1) is 0 Å². The van der Waals surface area contributed by atoms with Crippen molar-refractivity contribution in [2.24, 2.45) is 5.92 Å². The lowest BCUT2D eigenvalue weighted by Gasteiger charge is -2.31. The molecule has 1 aliphatic heterocycles. The first-order valence-electron chi connectivity index (χ1n) is 7.23. The van der Waals surface area contributed by atoms with Crippen molar-refractivity contribution in [2.45, 2.75) is 64.5 Å². The van der Waals surface area contributed by atoms with Crippen LogP contribution in [0.2, 0.25) is 0 Å². The van der Waals surface area contributed by atoms with Crippen LogP contribution in [0.1, 0.15) is 52.4 Å². The molecule has 1 heterocycles. The van der Waals surface area contributed by atoms with Crippen LogP contribution in [0.3, 0.4) is 0 Å². The Bertz CT molecular complexity index is 193. The second-order valence-electron chi connectivity index (χ2n) is 6.06. The summed E-state index contributed by atoms with van der Waals surface area (Å²) in [6, 6.07) is 1.71. The van der Waals surface area contributed by atoms with E-state index in [1.807, 2.05) is 0 Å². The molecule has 2 rings (SSSR count). The van der Waals surface area contributed by atoms with Crippen LogP contribution in [0.5, 0.6) is 0 Å². The van der Waals surface area contributed by atoms with Gasteiger partial charge in [0.1, 0.15) is 0 Å². The molecule has 2 aliphatic rings. The zero-order chi connectivity index (χ0) is 11.4. The smallest absolute Gasteiger partial charge is 0.0195 e. The fourth-order valence-corrected chi connectivity index (χ4v) is 2.65. The monoisotopic (exact) mass is 224 g/mol. The summed E-state index contributed by atoms with van der Waals surface area (Å²) >= 11 is 0. The van der Waals surface area contributed by atoms with Crippen molar-refractivity contribution in [3.05, 3.63) is 0 Å². The largest absolute Gasteiger partial charge is 0.313 e. The number of nitrogens with zero attached hydrogens (tertiary/aromatic N) is 1. The zero-order valence-corrected chi connectivity index (χ0v) is 11.0. The van der Waals surface area contributed by atoms with Crippen molar-refractivity contribution in [1.29, 1.82) is 0 Å². The molecule has 0 aromatic carbocycles. The first-order valence-corrected chi connectivity index (χ1v) is 7.23. The van der Waals surface area contributed by atoms with Gasteiger partial charge in [0.2, 0.25) is 0 Å². The maximum atomic E-state index is 3.68. The quantitative estimate of drug-likeness (QED) is 0.746. The Kier molecular flexibility index (Phi) is 4.66. The molecular formula is C14H28N2. The minimum Gasteiger partial charge on any atom is -0.313 e. The highest BCUT2D eigenvalue weighted by Gasteiger charge is 2.30. The maximum Gasteiger partial charge on any atom is 0.0195 e. The minimum absolute atomic E-state index is 0.779. The van der Waals surface area contributed by atoms with Gasteiger partial charge in [-0.05, 0) is 51.1 Å². The first-order chi connectivity index (χ1) is 7.75. The molecule has 0 spiro atoms. The van der Waals surface area contributed by atoms with Crippen molar-refractivity contribution < 1.29 is 0 Å². The SMILES string of the molecule is CC(C)CCN(CC1CCCCN1)C1CC1. The molecule has 2 fully saturated rings. The van der Waals surface area contributed by atoms with Gasteiger partial charge in [-0.25, -0.2) is 0 Å². The average molecular weight is 224 g/mol. The fourth-order valence-electron chi connectivity index (χ4n) is 2.65. The van der Waals surface area contributed by atoms with Crippen molar-refractivity contribution in [3.8, 4) is 0 Å². The third-order valence-electron chi connectivity index (χ3n) is 3.92. The van der Waals surface area contributed by atoms with Crippen molar-refractivity contribution >= 4 is 0 Å². The van der Waals surface area contributed by atoms with E-state index in [0.29, 0.717) is 0 Å².